The molecule has 0 N–H and O–H groups in total. The van der Waals surface area contributed by atoms with Gasteiger partial charge in [0.15, 0.2) is 5.58 Å². The third-order valence-corrected chi connectivity index (χ3v) is 6.19. The lowest BCUT2D eigenvalue weighted by atomic mass is 9.97. The quantitative estimate of drug-likeness (QED) is 0.849. The summed E-state index contributed by atoms with van der Waals surface area (Å²) < 4.78 is 39.1. The molecule has 1 aliphatic heterocycles. The number of aromatic nitrogens is 1. The van der Waals surface area contributed by atoms with Gasteiger partial charge in [-0.3, -0.25) is 0 Å². The SMILES string of the molecule is CCc1ccc2nc(C(C)(C)C)oc2c1S(=O)(=O)N1CCOCC1. The average Bonchev–Trinajstić information content (AvgIpc) is 2.98. The van der Waals surface area contributed by atoms with Crippen LogP contribution < -0.4 is 0 Å². The van der Waals surface area contributed by atoms with Gasteiger partial charge in [0.1, 0.15) is 10.4 Å². The molecule has 1 aromatic heterocycles. The fraction of sp³-hybridized carbons (Fsp3) is 0.588. The first-order valence-corrected chi connectivity index (χ1v) is 9.70. The average molecular weight is 352 g/mol. The first-order chi connectivity index (χ1) is 11.2. The molecule has 0 atom stereocenters. The monoisotopic (exact) mass is 352 g/mol. The molecule has 0 saturated carbocycles. The van der Waals surface area contributed by atoms with E-state index in [2.05, 4.69) is 4.98 Å². The van der Waals surface area contributed by atoms with Crippen LogP contribution >= 0.6 is 0 Å². The molecule has 0 spiro atoms. The van der Waals surface area contributed by atoms with Crippen molar-refractivity contribution in [2.24, 2.45) is 0 Å². The number of hydrogen-bond acceptors (Lipinski definition) is 5. The summed E-state index contributed by atoms with van der Waals surface area (Å²) in [5.74, 6) is 0.546. The molecule has 0 bridgehead atoms. The summed E-state index contributed by atoms with van der Waals surface area (Å²) in [5.41, 5.74) is 1.42. The van der Waals surface area contributed by atoms with Crippen LogP contribution in [0.5, 0.6) is 0 Å². The van der Waals surface area contributed by atoms with Crippen LogP contribution in [0.3, 0.4) is 0 Å². The van der Waals surface area contributed by atoms with Crippen molar-refractivity contribution >= 4 is 21.1 Å². The van der Waals surface area contributed by atoms with E-state index >= 15 is 0 Å². The predicted molar refractivity (Wildman–Crippen MR) is 91.7 cm³/mol. The van der Waals surface area contributed by atoms with Crippen molar-refractivity contribution in [1.29, 1.82) is 0 Å². The number of hydrogen-bond donors (Lipinski definition) is 0. The van der Waals surface area contributed by atoms with Crippen LogP contribution in [0.1, 0.15) is 39.1 Å². The number of aryl methyl sites for hydroxylation is 1. The highest BCUT2D eigenvalue weighted by Gasteiger charge is 2.33. The van der Waals surface area contributed by atoms with E-state index in [1.54, 1.807) is 0 Å². The van der Waals surface area contributed by atoms with Gasteiger partial charge in [-0.25, -0.2) is 13.4 Å². The molecule has 24 heavy (non-hydrogen) atoms. The lowest BCUT2D eigenvalue weighted by Crippen LogP contribution is -2.41. The Morgan fingerprint density at radius 2 is 1.88 bits per heavy atom. The van der Waals surface area contributed by atoms with Crippen LogP contribution in [0.25, 0.3) is 11.1 Å². The zero-order chi connectivity index (χ0) is 17.5. The Kier molecular flexibility index (Phi) is 4.44. The van der Waals surface area contributed by atoms with Crippen molar-refractivity contribution in [3.8, 4) is 0 Å². The van der Waals surface area contributed by atoms with Gasteiger partial charge in [0.25, 0.3) is 0 Å². The van der Waals surface area contributed by atoms with Gasteiger partial charge in [0.05, 0.1) is 13.2 Å². The number of oxazole rings is 1. The number of rotatable bonds is 3. The molecule has 0 aliphatic carbocycles. The number of ether oxygens (including phenoxy) is 1. The Labute approximate surface area is 142 Å². The maximum atomic E-state index is 13.2. The summed E-state index contributed by atoms with van der Waals surface area (Å²) in [6.07, 6.45) is 0.612. The molecule has 0 amide bonds. The van der Waals surface area contributed by atoms with Crippen LogP contribution in [-0.4, -0.2) is 44.0 Å². The molecule has 132 valence electrons. The number of benzene rings is 1. The number of nitrogens with zero attached hydrogens (tertiary/aromatic N) is 2. The second kappa shape index (κ2) is 6.13. The predicted octanol–water partition coefficient (Wildman–Crippen LogP) is 2.71. The number of sulfonamides is 1. The minimum Gasteiger partial charge on any atom is -0.439 e. The minimum atomic E-state index is -3.64. The van der Waals surface area contributed by atoms with Crippen LogP contribution in [0.2, 0.25) is 0 Å². The molecule has 0 unspecified atom stereocenters. The fourth-order valence-electron chi connectivity index (χ4n) is 2.81. The largest absolute Gasteiger partial charge is 0.439 e. The maximum absolute atomic E-state index is 13.2. The van der Waals surface area contributed by atoms with Crippen LogP contribution in [0.4, 0.5) is 0 Å². The third-order valence-electron chi connectivity index (χ3n) is 4.18. The topological polar surface area (TPSA) is 72.6 Å². The molecule has 0 radical (unpaired) electrons. The van der Waals surface area contributed by atoms with Gasteiger partial charge in [-0.05, 0) is 18.1 Å². The van der Waals surface area contributed by atoms with E-state index in [1.165, 1.54) is 4.31 Å². The first-order valence-electron chi connectivity index (χ1n) is 8.26. The molecule has 2 heterocycles. The highest BCUT2D eigenvalue weighted by atomic mass is 32.2. The zero-order valence-corrected chi connectivity index (χ0v) is 15.4. The Morgan fingerprint density at radius 3 is 2.46 bits per heavy atom. The lowest BCUT2D eigenvalue weighted by Gasteiger charge is -2.26. The molecule has 6 nitrogen and oxygen atoms in total. The van der Waals surface area contributed by atoms with E-state index in [0.29, 0.717) is 49.7 Å². The van der Waals surface area contributed by atoms with Gasteiger partial charge in [0, 0.05) is 18.5 Å². The summed E-state index contributed by atoms with van der Waals surface area (Å²) in [5, 5.41) is 0. The molecular weight excluding hydrogens is 328 g/mol. The molecule has 1 fully saturated rings. The summed E-state index contributed by atoms with van der Waals surface area (Å²) in [4.78, 5) is 4.76. The Morgan fingerprint density at radius 1 is 1.21 bits per heavy atom. The van der Waals surface area contributed by atoms with Crippen LogP contribution in [0, 0.1) is 0 Å². The Bertz CT molecular complexity index is 843. The van der Waals surface area contributed by atoms with E-state index in [9.17, 15) is 8.42 Å². The second-order valence-corrected chi connectivity index (χ2v) is 8.92. The van der Waals surface area contributed by atoms with E-state index in [0.717, 1.165) is 5.56 Å². The smallest absolute Gasteiger partial charge is 0.247 e. The number of morpholine rings is 1. The van der Waals surface area contributed by atoms with Gasteiger partial charge < -0.3 is 9.15 Å². The lowest BCUT2D eigenvalue weighted by molar-refractivity contribution is 0.0730. The van der Waals surface area contributed by atoms with Crippen molar-refractivity contribution in [3.63, 3.8) is 0 Å². The molecule has 7 heteroatoms. The van der Waals surface area contributed by atoms with Gasteiger partial charge in [-0.15, -0.1) is 0 Å². The first kappa shape index (κ1) is 17.4. The highest BCUT2D eigenvalue weighted by Crippen LogP contribution is 2.33. The summed E-state index contributed by atoms with van der Waals surface area (Å²) in [6, 6.07) is 3.68. The maximum Gasteiger partial charge on any atom is 0.247 e. The highest BCUT2D eigenvalue weighted by molar-refractivity contribution is 7.89. The molecule has 3 rings (SSSR count). The fourth-order valence-corrected chi connectivity index (χ4v) is 4.62. The molecule has 1 aromatic carbocycles. The van der Waals surface area contributed by atoms with Crippen molar-refractivity contribution < 1.29 is 17.6 Å². The van der Waals surface area contributed by atoms with Crippen LogP contribution in [0.15, 0.2) is 21.4 Å². The van der Waals surface area contributed by atoms with Crippen molar-refractivity contribution in [2.45, 2.75) is 44.4 Å². The summed E-state index contributed by atoms with van der Waals surface area (Å²) in [7, 11) is -3.64. The van der Waals surface area contributed by atoms with Crippen LogP contribution in [-0.2, 0) is 26.6 Å². The standard InChI is InChI=1S/C17H24N2O4S/c1-5-12-6-7-13-14(23-16(18-13)17(2,3)4)15(12)24(20,21)19-8-10-22-11-9-19/h6-7H,5,8-11H2,1-4H3. The van der Waals surface area contributed by atoms with Crippen molar-refractivity contribution in [2.75, 3.05) is 26.3 Å². The third kappa shape index (κ3) is 2.96. The van der Waals surface area contributed by atoms with E-state index < -0.39 is 10.0 Å². The summed E-state index contributed by atoms with van der Waals surface area (Å²) >= 11 is 0. The van der Waals surface area contributed by atoms with E-state index in [4.69, 9.17) is 9.15 Å². The minimum absolute atomic E-state index is 0.257. The Hall–Kier alpha value is -1.44. The number of fused-ring (bicyclic) bond motifs is 1. The van der Waals surface area contributed by atoms with E-state index in [1.807, 2.05) is 39.8 Å². The van der Waals surface area contributed by atoms with Gasteiger partial charge in [-0.1, -0.05) is 33.8 Å². The van der Waals surface area contributed by atoms with Gasteiger partial charge >= 0.3 is 0 Å². The molecule has 2 aromatic rings. The Balaban J connectivity index is 2.22. The molecular formula is C17H24N2O4S. The van der Waals surface area contributed by atoms with Gasteiger partial charge in [-0.2, -0.15) is 4.31 Å². The zero-order valence-electron chi connectivity index (χ0n) is 14.6. The van der Waals surface area contributed by atoms with Crippen molar-refractivity contribution in [1.82, 2.24) is 9.29 Å². The van der Waals surface area contributed by atoms with Gasteiger partial charge in [0.2, 0.25) is 15.9 Å². The van der Waals surface area contributed by atoms with E-state index in [-0.39, 0.29) is 10.3 Å². The summed E-state index contributed by atoms with van der Waals surface area (Å²) in [6.45, 7) is 9.49. The van der Waals surface area contributed by atoms with Crippen molar-refractivity contribution in [3.05, 3.63) is 23.6 Å². The normalized spacial score (nSPS) is 17.5. The molecule has 1 aliphatic rings. The second-order valence-electron chi connectivity index (χ2n) is 7.04. The molecule has 1 saturated heterocycles.